The number of hydrogen-bond acceptors (Lipinski definition) is 5. The van der Waals surface area contributed by atoms with Gasteiger partial charge in [0.25, 0.3) is 11.6 Å². The molecule has 0 unspecified atom stereocenters. The fraction of sp³-hybridized carbons (Fsp3) is 0.316. The maximum Gasteiger partial charge on any atom is 0.288 e. The monoisotopic (exact) mass is 388 g/mol. The van der Waals surface area contributed by atoms with E-state index in [1.165, 1.54) is 23.8 Å². The molecule has 142 valence electrons. The maximum atomic E-state index is 12.3. The normalized spacial score (nSPS) is 15.5. The smallest absolute Gasteiger partial charge is 0.288 e. The number of nitrogens with one attached hydrogen (secondary N) is 1. The third-order valence-electron chi connectivity index (χ3n) is 4.62. The Hall–Kier alpha value is -2.48. The van der Waals surface area contributed by atoms with Gasteiger partial charge >= 0.3 is 0 Å². The van der Waals surface area contributed by atoms with Gasteiger partial charge in [-0.1, -0.05) is 23.7 Å². The minimum Gasteiger partial charge on any atom is -0.322 e. The highest BCUT2D eigenvalue weighted by Crippen LogP contribution is 2.25. The van der Waals surface area contributed by atoms with Crippen LogP contribution in [0.5, 0.6) is 0 Å². The van der Waals surface area contributed by atoms with Crippen LogP contribution in [0.1, 0.15) is 15.9 Å². The molecule has 1 aliphatic rings. The van der Waals surface area contributed by atoms with Crippen LogP contribution in [0, 0.1) is 10.1 Å². The number of nitro groups is 1. The predicted octanol–water partition coefficient (Wildman–Crippen LogP) is 3.25. The van der Waals surface area contributed by atoms with Gasteiger partial charge in [0.1, 0.15) is 5.02 Å². The highest BCUT2D eigenvalue weighted by Gasteiger charge is 2.17. The largest absolute Gasteiger partial charge is 0.322 e. The van der Waals surface area contributed by atoms with Crippen molar-refractivity contribution in [3.8, 4) is 0 Å². The second-order valence-electron chi connectivity index (χ2n) is 6.65. The van der Waals surface area contributed by atoms with Gasteiger partial charge in [-0.3, -0.25) is 19.8 Å². The molecule has 1 amide bonds. The Morgan fingerprint density at radius 1 is 1.15 bits per heavy atom. The zero-order chi connectivity index (χ0) is 19.4. The lowest BCUT2D eigenvalue weighted by Crippen LogP contribution is -2.43. The lowest BCUT2D eigenvalue weighted by Gasteiger charge is -2.32. The number of carbonyl (C=O) groups is 1. The number of carbonyl (C=O) groups excluding carboxylic acids is 1. The molecule has 0 saturated carbocycles. The highest BCUT2D eigenvalue weighted by molar-refractivity contribution is 6.32. The second-order valence-corrected chi connectivity index (χ2v) is 7.06. The van der Waals surface area contributed by atoms with E-state index in [1.807, 2.05) is 24.3 Å². The number of nitrogens with zero attached hydrogens (tertiary/aromatic N) is 3. The van der Waals surface area contributed by atoms with Crippen molar-refractivity contribution in [1.82, 2.24) is 9.80 Å². The van der Waals surface area contributed by atoms with Crippen molar-refractivity contribution in [2.24, 2.45) is 0 Å². The molecule has 1 saturated heterocycles. The van der Waals surface area contributed by atoms with E-state index in [0.29, 0.717) is 5.69 Å². The molecule has 0 atom stereocenters. The van der Waals surface area contributed by atoms with Gasteiger partial charge in [-0.15, -0.1) is 0 Å². The number of likely N-dealkylation sites (N-methyl/N-ethyl adjacent to an activating group) is 1. The van der Waals surface area contributed by atoms with Crippen molar-refractivity contribution in [2.45, 2.75) is 6.54 Å². The van der Waals surface area contributed by atoms with E-state index >= 15 is 0 Å². The molecule has 0 aromatic heterocycles. The quantitative estimate of drug-likeness (QED) is 0.628. The molecule has 1 fully saturated rings. The summed E-state index contributed by atoms with van der Waals surface area (Å²) in [6.45, 7) is 5.11. The fourth-order valence-corrected chi connectivity index (χ4v) is 3.14. The van der Waals surface area contributed by atoms with E-state index < -0.39 is 10.8 Å². The number of piperazine rings is 1. The number of amides is 1. The Bertz CT molecular complexity index is 833. The van der Waals surface area contributed by atoms with E-state index in [4.69, 9.17) is 11.6 Å². The van der Waals surface area contributed by atoms with Gasteiger partial charge in [0.2, 0.25) is 0 Å². The summed E-state index contributed by atoms with van der Waals surface area (Å²) in [4.78, 5) is 27.4. The summed E-state index contributed by atoms with van der Waals surface area (Å²) in [5.41, 5.74) is 1.72. The Kier molecular flexibility index (Phi) is 6.05. The average Bonchev–Trinajstić information content (AvgIpc) is 2.65. The molecule has 1 aliphatic heterocycles. The summed E-state index contributed by atoms with van der Waals surface area (Å²) in [5.74, 6) is -0.415. The summed E-state index contributed by atoms with van der Waals surface area (Å²) in [7, 11) is 2.13. The number of rotatable bonds is 5. The Morgan fingerprint density at radius 3 is 2.44 bits per heavy atom. The molecule has 1 heterocycles. The lowest BCUT2D eigenvalue weighted by molar-refractivity contribution is -0.384. The molecule has 0 aliphatic carbocycles. The SMILES string of the molecule is CN1CCN(Cc2ccc(NC(=O)c3ccc(Cl)c([N+](=O)[O-])c3)cc2)CC1. The van der Waals surface area contributed by atoms with Gasteiger partial charge in [-0.2, -0.15) is 0 Å². The summed E-state index contributed by atoms with van der Waals surface area (Å²) in [6, 6.07) is 11.7. The van der Waals surface area contributed by atoms with Crippen LogP contribution in [0.15, 0.2) is 42.5 Å². The Morgan fingerprint density at radius 2 is 1.81 bits per heavy atom. The summed E-state index contributed by atoms with van der Waals surface area (Å²) in [5, 5.41) is 13.7. The number of benzene rings is 2. The van der Waals surface area contributed by atoms with Crippen LogP contribution in [0.4, 0.5) is 11.4 Å². The molecule has 0 bridgehead atoms. The minimum atomic E-state index is -0.605. The topological polar surface area (TPSA) is 78.7 Å². The van der Waals surface area contributed by atoms with Gasteiger partial charge < -0.3 is 10.2 Å². The number of hydrogen-bond donors (Lipinski definition) is 1. The molecule has 0 radical (unpaired) electrons. The third-order valence-corrected chi connectivity index (χ3v) is 4.94. The molecule has 1 N–H and O–H groups in total. The van der Waals surface area contributed by atoms with Gasteiger partial charge in [0.05, 0.1) is 4.92 Å². The first-order valence-corrected chi connectivity index (χ1v) is 9.05. The van der Waals surface area contributed by atoms with Crippen LogP contribution in [-0.2, 0) is 6.54 Å². The molecule has 3 rings (SSSR count). The minimum absolute atomic E-state index is 0.00445. The predicted molar refractivity (Wildman–Crippen MR) is 105 cm³/mol. The highest BCUT2D eigenvalue weighted by atomic mass is 35.5. The van der Waals surface area contributed by atoms with E-state index in [2.05, 4.69) is 22.2 Å². The first-order valence-electron chi connectivity index (χ1n) is 8.67. The number of nitro benzene ring substituents is 1. The van der Waals surface area contributed by atoms with Crippen LogP contribution in [0.2, 0.25) is 5.02 Å². The summed E-state index contributed by atoms with van der Waals surface area (Å²) >= 11 is 5.78. The van der Waals surface area contributed by atoms with Crippen molar-refractivity contribution in [3.63, 3.8) is 0 Å². The van der Waals surface area contributed by atoms with E-state index in [1.54, 1.807) is 0 Å². The molecular weight excluding hydrogens is 368 g/mol. The van der Waals surface area contributed by atoms with Crippen molar-refractivity contribution in [1.29, 1.82) is 0 Å². The zero-order valence-electron chi connectivity index (χ0n) is 15.0. The van der Waals surface area contributed by atoms with Crippen molar-refractivity contribution in [3.05, 3.63) is 68.7 Å². The van der Waals surface area contributed by atoms with E-state index in [9.17, 15) is 14.9 Å². The van der Waals surface area contributed by atoms with Crippen LogP contribution >= 0.6 is 11.6 Å². The second kappa shape index (κ2) is 8.47. The molecule has 2 aromatic rings. The van der Waals surface area contributed by atoms with E-state index in [-0.39, 0.29) is 16.3 Å². The van der Waals surface area contributed by atoms with Crippen LogP contribution in [-0.4, -0.2) is 53.9 Å². The van der Waals surface area contributed by atoms with Gasteiger partial charge in [0.15, 0.2) is 0 Å². The van der Waals surface area contributed by atoms with E-state index in [0.717, 1.165) is 32.7 Å². The Labute approximate surface area is 162 Å². The zero-order valence-corrected chi connectivity index (χ0v) is 15.8. The lowest BCUT2D eigenvalue weighted by atomic mass is 10.1. The van der Waals surface area contributed by atoms with Gasteiger partial charge in [-0.05, 0) is 36.9 Å². The van der Waals surface area contributed by atoms with Crippen LogP contribution < -0.4 is 5.32 Å². The molecule has 0 spiro atoms. The fourth-order valence-electron chi connectivity index (χ4n) is 2.95. The van der Waals surface area contributed by atoms with Gasteiger partial charge in [-0.25, -0.2) is 0 Å². The van der Waals surface area contributed by atoms with Crippen LogP contribution in [0.25, 0.3) is 0 Å². The number of halogens is 1. The first kappa shape index (κ1) is 19.3. The summed E-state index contributed by atoms with van der Waals surface area (Å²) < 4.78 is 0. The average molecular weight is 389 g/mol. The van der Waals surface area contributed by atoms with Crippen LogP contribution in [0.3, 0.4) is 0 Å². The van der Waals surface area contributed by atoms with Gasteiger partial charge in [0, 0.05) is 50.0 Å². The molecule has 7 nitrogen and oxygen atoms in total. The molecule has 8 heteroatoms. The third kappa shape index (κ3) is 5.03. The van der Waals surface area contributed by atoms with Crippen molar-refractivity contribution < 1.29 is 9.72 Å². The maximum absolute atomic E-state index is 12.3. The van der Waals surface area contributed by atoms with Crippen molar-refractivity contribution in [2.75, 3.05) is 38.5 Å². The number of anilines is 1. The molecule has 27 heavy (non-hydrogen) atoms. The molecular formula is C19H21ClN4O3. The Balaban J connectivity index is 1.62. The standard InChI is InChI=1S/C19H21ClN4O3/c1-22-8-10-23(11-9-22)13-14-2-5-16(6-3-14)21-19(25)15-4-7-17(20)18(12-15)24(26)27/h2-7,12H,8-11,13H2,1H3,(H,21,25). The summed E-state index contributed by atoms with van der Waals surface area (Å²) in [6.07, 6.45) is 0. The first-order chi connectivity index (χ1) is 12.9. The molecule has 2 aromatic carbocycles. The van der Waals surface area contributed by atoms with Crippen molar-refractivity contribution >= 4 is 28.9 Å².